The van der Waals surface area contributed by atoms with Gasteiger partial charge >= 0.3 is 0 Å². The van der Waals surface area contributed by atoms with Crippen LogP contribution in [0.15, 0.2) is 47.4 Å². The molecule has 0 saturated carbocycles. The fourth-order valence-electron chi connectivity index (χ4n) is 3.76. The predicted molar refractivity (Wildman–Crippen MR) is 123 cm³/mol. The zero-order valence-corrected chi connectivity index (χ0v) is 19.3. The Morgan fingerprint density at radius 1 is 1.16 bits per heavy atom. The number of amides is 1. The van der Waals surface area contributed by atoms with E-state index in [1.54, 1.807) is 30.3 Å². The Balaban J connectivity index is 1.82. The van der Waals surface area contributed by atoms with E-state index in [2.05, 4.69) is 21.9 Å². The van der Waals surface area contributed by atoms with Crippen LogP contribution in [0.25, 0.3) is 0 Å². The molecule has 1 heterocycles. The molecule has 1 saturated heterocycles. The molecule has 1 aliphatic rings. The summed E-state index contributed by atoms with van der Waals surface area (Å²) in [4.78, 5) is 15.1. The molecular weight excluding hydrogens is 438 g/mol. The molecule has 9 heteroatoms. The number of anilines is 2. The number of piperidine rings is 1. The SMILES string of the molecule is CCCN1CCCCC1C(=O)Nc1ccc(OC)c(S(=O)(=O)Nc2ccc(Cl)cc2)c1. The van der Waals surface area contributed by atoms with E-state index in [-0.39, 0.29) is 22.6 Å². The van der Waals surface area contributed by atoms with Crippen molar-refractivity contribution in [2.45, 2.75) is 43.5 Å². The largest absolute Gasteiger partial charge is 0.495 e. The van der Waals surface area contributed by atoms with E-state index in [4.69, 9.17) is 16.3 Å². The van der Waals surface area contributed by atoms with Gasteiger partial charge in [-0.25, -0.2) is 8.42 Å². The van der Waals surface area contributed by atoms with Crippen LogP contribution in [-0.2, 0) is 14.8 Å². The maximum Gasteiger partial charge on any atom is 0.265 e. The summed E-state index contributed by atoms with van der Waals surface area (Å²) in [5.74, 6) is 0.0667. The highest BCUT2D eigenvalue weighted by Crippen LogP contribution is 2.30. The third kappa shape index (κ3) is 5.90. The molecule has 0 radical (unpaired) electrons. The lowest BCUT2D eigenvalue weighted by molar-refractivity contribution is -0.122. The molecule has 2 N–H and O–H groups in total. The summed E-state index contributed by atoms with van der Waals surface area (Å²) < 4.78 is 33.8. The Bertz CT molecular complexity index is 1010. The summed E-state index contributed by atoms with van der Waals surface area (Å²) in [6.07, 6.45) is 3.87. The molecule has 1 atom stereocenters. The average molecular weight is 466 g/mol. The van der Waals surface area contributed by atoms with Gasteiger partial charge in [0.2, 0.25) is 5.91 Å². The lowest BCUT2D eigenvalue weighted by atomic mass is 10.0. The first-order valence-electron chi connectivity index (χ1n) is 10.4. The standard InChI is InChI=1S/C22H28ClN3O4S/c1-3-13-26-14-5-4-6-19(26)22(27)24-18-11-12-20(30-2)21(15-18)31(28,29)25-17-9-7-16(23)8-10-17/h7-12,15,19,25H,3-6,13-14H2,1-2H3,(H,24,27). The van der Waals surface area contributed by atoms with Crippen LogP contribution in [0.1, 0.15) is 32.6 Å². The summed E-state index contributed by atoms with van der Waals surface area (Å²) in [6, 6.07) is 10.7. The first-order valence-corrected chi connectivity index (χ1v) is 12.2. The van der Waals surface area contributed by atoms with Crippen LogP contribution in [0.3, 0.4) is 0 Å². The molecule has 1 amide bonds. The Morgan fingerprint density at radius 3 is 2.55 bits per heavy atom. The Morgan fingerprint density at radius 2 is 1.87 bits per heavy atom. The van der Waals surface area contributed by atoms with Crippen LogP contribution in [-0.4, -0.2) is 45.5 Å². The second kappa shape index (κ2) is 10.3. The van der Waals surface area contributed by atoms with Gasteiger partial charge in [0.25, 0.3) is 10.0 Å². The molecule has 7 nitrogen and oxygen atoms in total. The zero-order chi connectivity index (χ0) is 22.4. The number of nitrogens with one attached hydrogen (secondary N) is 2. The van der Waals surface area contributed by atoms with Gasteiger partial charge in [-0.15, -0.1) is 0 Å². The van der Waals surface area contributed by atoms with E-state index in [1.165, 1.54) is 19.2 Å². The number of carbonyl (C=O) groups is 1. The quantitative estimate of drug-likeness (QED) is 0.605. The number of methoxy groups -OCH3 is 1. The van der Waals surface area contributed by atoms with Gasteiger partial charge in [0.1, 0.15) is 10.6 Å². The second-order valence-corrected chi connectivity index (χ2v) is 9.60. The van der Waals surface area contributed by atoms with Gasteiger partial charge in [0.15, 0.2) is 0 Å². The van der Waals surface area contributed by atoms with E-state index in [9.17, 15) is 13.2 Å². The zero-order valence-electron chi connectivity index (χ0n) is 17.7. The molecule has 0 aliphatic carbocycles. The number of halogens is 1. The van der Waals surface area contributed by atoms with Crippen LogP contribution in [0.4, 0.5) is 11.4 Å². The van der Waals surface area contributed by atoms with Crippen LogP contribution in [0, 0.1) is 0 Å². The van der Waals surface area contributed by atoms with E-state index in [0.717, 1.165) is 38.8 Å². The number of ether oxygens (including phenoxy) is 1. The van der Waals surface area contributed by atoms with E-state index >= 15 is 0 Å². The number of likely N-dealkylation sites (tertiary alicyclic amines) is 1. The topological polar surface area (TPSA) is 87.7 Å². The molecule has 1 unspecified atom stereocenters. The minimum Gasteiger partial charge on any atom is -0.495 e. The van der Waals surface area contributed by atoms with Crippen molar-refractivity contribution in [2.75, 3.05) is 30.2 Å². The minimum absolute atomic E-state index is 0.0585. The van der Waals surface area contributed by atoms with Gasteiger partial charge in [-0.05, 0) is 74.8 Å². The van der Waals surface area contributed by atoms with E-state index < -0.39 is 10.0 Å². The molecule has 31 heavy (non-hydrogen) atoms. The van der Waals surface area contributed by atoms with Crippen molar-refractivity contribution in [1.82, 2.24) is 4.90 Å². The molecule has 0 bridgehead atoms. The number of sulfonamides is 1. The molecule has 1 aliphatic heterocycles. The highest BCUT2D eigenvalue weighted by atomic mass is 35.5. The van der Waals surface area contributed by atoms with E-state index in [0.29, 0.717) is 16.4 Å². The van der Waals surface area contributed by atoms with Crippen LogP contribution >= 0.6 is 11.6 Å². The maximum atomic E-state index is 13.0. The number of hydrogen-bond donors (Lipinski definition) is 2. The predicted octanol–water partition coefficient (Wildman–Crippen LogP) is 4.35. The summed E-state index contributed by atoms with van der Waals surface area (Å²) in [5, 5.41) is 3.39. The third-order valence-electron chi connectivity index (χ3n) is 5.24. The molecule has 2 aromatic carbocycles. The third-order valence-corrected chi connectivity index (χ3v) is 6.90. The monoisotopic (exact) mass is 465 g/mol. The van der Waals surface area contributed by atoms with Crippen LogP contribution in [0.2, 0.25) is 5.02 Å². The van der Waals surface area contributed by atoms with Crippen LogP contribution in [0.5, 0.6) is 5.75 Å². The Kier molecular flexibility index (Phi) is 7.80. The van der Waals surface area contributed by atoms with Gasteiger partial charge in [-0.2, -0.15) is 0 Å². The second-order valence-electron chi connectivity index (χ2n) is 7.51. The Labute approximate surface area is 188 Å². The van der Waals surface area contributed by atoms with Gasteiger partial charge in [0.05, 0.1) is 13.2 Å². The van der Waals surface area contributed by atoms with Gasteiger partial charge in [-0.3, -0.25) is 14.4 Å². The molecule has 168 valence electrons. The van der Waals surface area contributed by atoms with E-state index in [1.807, 2.05) is 0 Å². The average Bonchev–Trinajstić information content (AvgIpc) is 2.76. The first kappa shape index (κ1) is 23.4. The number of hydrogen-bond acceptors (Lipinski definition) is 5. The van der Waals surface area contributed by atoms with Gasteiger partial charge in [-0.1, -0.05) is 24.9 Å². The van der Waals surface area contributed by atoms with Crippen molar-refractivity contribution in [3.05, 3.63) is 47.5 Å². The van der Waals surface area contributed by atoms with Crippen molar-refractivity contribution < 1.29 is 17.9 Å². The highest BCUT2D eigenvalue weighted by Gasteiger charge is 2.28. The number of nitrogens with zero attached hydrogens (tertiary/aromatic N) is 1. The highest BCUT2D eigenvalue weighted by molar-refractivity contribution is 7.92. The summed E-state index contributed by atoms with van der Waals surface area (Å²) in [6.45, 7) is 3.86. The molecule has 0 spiro atoms. The van der Waals surface area contributed by atoms with Crippen molar-refractivity contribution in [2.24, 2.45) is 0 Å². The maximum absolute atomic E-state index is 13.0. The summed E-state index contributed by atoms with van der Waals surface area (Å²) >= 11 is 5.87. The minimum atomic E-state index is -3.95. The Hall–Kier alpha value is -2.29. The number of carbonyl (C=O) groups excluding carboxylic acids is 1. The first-order chi connectivity index (χ1) is 14.8. The van der Waals surface area contributed by atoms with Crippen molar-refractivity contribution in [3.8, 4) is 5.75 Å². The summed E-state index contributed by atoms with van der Waals surface area (Å²) in [5.41, 5.74) is 0.780. The van der Waals surface area contributed by atoms with Crippen molar-refractivity contribution in [1.29, 1.82) is 0 Å². The number of benzene rings is 2. The molecule has 2 aromatic rings. The normalized spacial score (nSPS) is 17.2. The molecule has 3 rings (SSSR count). The fourth-order valence-corrected chi connectivity index (χ4v) is 5.14. The van der Waals surface area contributed by atoms with Crippen molar-refractivity contribution >= 4 is 38.9 Å². The smallest absolute Gasteiger partial charge is 0.265 e. The summed E-state index contributed by atoms with van der Waals surface area (Å²) in [7, 11) is -2.55. The van der Waals surface area contributed by atoms with Crippen molar-refractivity contribution in [3.63, 3.8) is 0 Å². The lowest BCUT2D eigenvalue weighted by Gasteiger charge is -2.34. The lowest BCUT2D eigenvalue weighted by Crippen LogP contribution is -2.47. The fraction of sp³-hybridized carbons (Fsp3) is 0.409. The molecular formula is C22H28ClN3O4S. The van der Waals surface area contributed by atoms with Gasteiger partial charge < -0.3 is 10.1 Å². The van der Waals surface area contributed by atoms with Gasteiger partial charge in [0, 0.05) is 16.4 Å². The molecule has 1 fully saturated rings. The molecule has 0 aromatic heterocycles. The van der Waals surface area contributed by atoms with Crippen LogP contribution < -0.4 is 14.8 Å². The number of rotatable bonds is 8.